The summed E-state index contributed by atoms with van der Waals surface area (Å²) in [5.74, 6) is 0.661. The van der Waals surface area contributed by atoms with Gasteiger partial charge in [0.05, 0.1) is 12.7 Å². The van der Waals surface area contributed by atoms with Crippen LogP contribution in [0.15, 0.2) is 4.99 Å². The lowest BCUT2D eigenvalue weighted by Gasteiger charge is -2.61. The number of rotatable bonds is 7. The van der Waals surface area contributed by atoms with E-state index in [1.165, 1.54) is 19.3 Å². The molecule has 0 bridgehead atoms. The Balaban J connectivity index is 0.00000363. The molecule has 184 valence electrons. The normalized spacial score (nSPS) is 24.6. The molecule has 3 fully saturated rings. The number of likely N-dealkylation sites (tertiary alicyclic amines) is 1. The zero-order valence-corrected chi connectivity index (χ0v) is 22.2. The molecule has 2 saturated carbocycles. The van der Waals surface area contributed by atoms with Gasteiger partial charge in [0.2, 0.25) is 5.91 Å². The number of hydrogen-bond donors (Lipinski definition) is 2. The van der Waals surface area contributed by atoms with Crippen LogP contribution < -0.4 is 10.6 Å². The van der Waals surface area contributed by atoms with E-state index < -0.39 is 0 Å². The van der Waals surface area contributed by atoms with Gasteiger partial charge in [-0.25, -0.2) is 9.79 Å². The second-order valence-electron chi connectivity index (χ2n) is 9.02. The van der Waals surface area contributed by atoms with Crippen LogP contribution in [-0.2, 0) is 14.3 Å². The van der Waals surface area contributed by atoms with Crippen molar-refractivity contribution in [1.82, 2.24) is 20.4 Å². The second-order valence-corrected chi connectivity index (χ2v) is 9.02. The highest BCUT2D eigenvalue weighted by atomic mass is 127. The summed E-state index contributed by atoms with van der Waals surface area (Å²) in [6, 6.07) is 0.518. The third-order valence-corrected chi connectivity index (χ3v) is 6.98. The highest BCUT2D eigenvalue weighted by molar-refractivity contribution is 14.0. The van der Waals surface area contributed by atoms with Crippen LogP contribution in [-0.4, -0.2) is 92.9 Å². The Morgan fingerprint density at radius 3 is 2.34 bits per heavy atom. The molecule has 3 rings (SSSR count). The molecule has 9 nitrogen and oxygen atoms in total. The summed E-state index contributed by atoms with van der Waals surface area (Å²) in [6.07, 6.45) is 6.28. The largest absolute Gasteiger partial charge is 0.450 e. The van der Waals surface area contributed by atoms with Crippen molar-refractivity contribution in [3.05, 3.63) is 0 Å². The second kappa shape index (κ2) is 12.2. The number of ether oxygens (including phenoxy) is 2. The van der Waals surface area contributed by atoms with Gasteiger partial charge in [0.1, 0.15) is 6.54 Å². The van der Waals surface area contributed by atoms with E-state index in [4.69, 9.17) is 9.47 Å². The van der Waals surface area contributed by atoms with Gasteiger partial charge in [-0.15, -0.1) is 24.0 Å². The first-order valence-corrected chi connectivity index (χ1v) is 11.7. The molecular weight excluding hydrogens is 525 g/mol. The molecule has 2 aliphatic carbocycles. The van der Waals surface area contributed by atoms with Crippen LogP contribution in [0.4, 0.5) is 4.79 Å². The minimum atomic E-state index is -0.243. The standard InChI is InChI=1S/C22H39N5O4.HI/c1-5-30-18-14-17(22(18)10-7-11-22)25-20(23-15-19(28)26(3)4)24-16-8-12-27(13-9-16)21(29)31-6-2;/h16-18H,5-15H2,1-4H3,(H2,23,24,25);1H. The smallest absolute Gasteiger partial charge is 0.409 e. The summed E-state index contributed by atoms with van der Waals surface area (Å²) in [7, 11) is 3.48. The molecule has 1 spiro atoms. The van der Waals surface area contributed by atoms with E-state index in [9.17, 15) is 9.59 Å². The average Bonchev–Trinajstić information content (AvgIpc) is 2.70. The average molecular weight is 565 g/mol. The van der Waals surface area contributed by atoms with Crippen LogP contribution in [0, 0.1) is 5.41 Å². The molecule has 2 atom stereocenters. The third kappa shape index (κ3) is 6.18. The lowest BCUT2D eigenvalue weighted by molar-refractivity contribution is -0.168. The van der Waals surface area contributed by atoms with Gasteiger partial charge in [-0.2, -0.15) is 0 Å². The Labute approximate surface area is 209 Å². The molecule has 1 heterocycles. The van der Waals surface area contributed by atoms with Gasteiger partial charge >= 0.3 is 6.09 Å². The van der Waals surface area contributed by atoms with Gasteiger partial charge in [0.25, 0.3) is 0 Å². The molecule has 1 aliphatic heterocycles. The Morgan fingerprint density at radius 1 is 1.12 bits per heavy atom. The number of likely N-dealkylation sites (N-methyl/N-ethyl adjacent to an activating group) is 1. The topological polar surface area (TPSA) is 95.5 Å². The van der Waals surface area contributed by atoms with E-state index in [-0.39, 0.29) is 54.0 Å². The van der Waals surface area contributed by atoms with Crippen molar-refractivity contribution in [1.29, 1.82) is 0 Å². The fraction of sp³-hybridized carbons (Fsp3) is 0.864. The fourth-order valence-electron chi connectivity index (χ4n) is 4.84. The first-order chi connectivity index (χ1) is 14.9. The van der Waals surface area contributed by atoms with Gasteiger partial charge in [-0.1, -0.05) is 6.42 Å². The highest BCUT2D eigenvalue weighted by Crippen LogP contribution is 2.57. The third-order valence-electron chi connectivity index (χ3n) is 6.98. The number of guanidine groups is 1. The van der Waals surface area contributed by atoms with Gasteiger partial charge in [0, 0.05) is 51.3 Å². The number of amides is 2. The molecule has 0 aromatic carbocycles. The molecule has 2 unspecified atom stereocenters. The minimum Gasteiger partial charge on any atom is -0.450 e. The summed E-state index contributed by atoms with van der Waals surface area (Å²) >= 11 is 0. The lowest BCUT2D eigenvalue weighted by Crippen LogP contribution is -2.69. The van der Waals surface area contributed by atoms with Crippen molar-refractivity contribution in [2.45, 2.75) is 70.6 Å². The van der Waals surface area contributed by atoms with Gasteiger partial charge < -0.3 is 29.9 Å². The van der Waals surface area contributed by atoms with E-state index in [1.807, 2.05) is 6.92 Å². The number of halogens is 1. The maximum atomic E-state index is 12.1. The first-order valence-electron chi connectivity index (χ1n) is 11.7. The van der Waals surface area contributed by atoms with Crippen molar-refractivity contribution in [2.75, 3.05) is 46.9 Å². The van der Waals surface area contributed by atoms with Crippen LogP contribution in [0.3, 0.4) is 0 Å². The summed E-state index contributed by atoms with van der Waals surface area (Å²) < 4.78 is 11.1. The van der Waals surface area contributed by atoms with E-state index in [0.717, 1.165) is 25.9 Å². The Hall–Kier alpha value is -1.30. The van der Waals surface area contributed by atoms with E-state index in [2.05, 4.69) is 22.5 Å². The van der Waals surface area contributed by atoms with Gasteiger partial charge in [-0.3, -0.25) is 4.79 Å². The molecule has 0 radical (unpaired) electrons. The SMILES string of the molecule is CCOC(=O)N1CCC(NC(=NCC(=O)N(C)C)NC2CC(OCC)C23CCC3)CC1.I. The minimum absolute atomic E-state index is 0. The van der Waals surface area contributed by atoms with Crippen LogP contribution in [0.5, 0.6) is 0 Å². The molecule has 10 heteroatoms. The van der Waals surface area contributed by atoms with Crippen molar-refractivity contribution >= 4 is 41.9 Å². The maximum Gasteiger partial charge on any atom is 0.409 e. The van der Waals surface area contributed by atoms with Crippen molar-refractivity contribution in [3.63, 3.8) is 0 Å². The summed E-state index contributed by atoms with van der Waals surface area (Å²) in [4.78, 5) is 32.0. The maximum absolute atomic E-state index is 12.1. The zero-order chi connectivity index (χ0) is 22.4. The molecule has 2 amide bonds. The van der Waals surface area contributed by atoms with Crippen molar-refractivity contribution in [2.24, 2.45) is 10.4 Å². The zero-order valence-electron chi connectivity index (χ0n) is 19.9. The van der Waals surface area contributed by atoms with E-state index in [0.29, 0.717) is 37.8 Å². The lowest BCUT2D eigenvalue weighted by atomic mass is 9.51. The number of hydrogen-bond acceptors (Lipinski definition) is 5. The summed E-state index contributed by atoms with van der Waals surface area (Å²) in [5, 5.41) is 7.14. The highest BCUT2D eigenvalue weighted by Gasteiger charge is 2.59. The van der Waals surface area contributed by atoms with Gasteiger partial charge in [0.15, 0.2) is 5.96 Å². The Kier molecular flexibility index (Phi) is 10.3. The molecule has 2 N–H and O–H groups in total. The number of aliphatic imine (C=N–C) groups is 1. The number of piperidine rings is 1. The number of nitrogens with one attached hydrogen (secondary N) is 2. The molecule has 0 aromatic heterocycles. The molecule has 32 heavy (non-hydrogen) atoms. The van der Waals surface area contributed by atoms with Crippen LogP contribution in [0.25, 0.3) is 0 Å². The predicted molar refractivity (Wildman–Crippen MR) is 134 cm³/mol. The molecular formula is C22H40IN5O4. The number of nitrogens with zero attached hydrogens (tertiary/aromatic N) is 3. The van der Waals surface area contributed by atoms with Crippen LogP contribution >= 0.6 is 24.0 Å². The monoisotopic (exact) mass is 565 g/mol. The fourth-order valence-corrected chi connectivity index (χ4v) is 4.84. The quantitative estimate of drug-likeness (QED) is 0.279. The van der Waals surface area contributed by atoms with E-state index >= 15 is 0 Å². The van der Waals surface area contributed by atoms with E-state index in [1.54, 1.807) is 23.9 Å². The molecule has 0 aromatic rings. The van der Waals surface area contributed by atoms with Gasteiger partial charge in [-0.05, 0) is 46.0 Å². The van der Waals surface area contributed by atoms with Crippen LogP contribution in [0.1, 0.15) is 52.4 Å². The summed E-state index contributed by atoms with van der Waals surface area (Å²) in [6.45, 7) is 6.43. The molecule has 1 saturated heterocycles. The predicted octanol–water partition coefficient (Wildman–Crippen LogP) is 2.20. The number of carbonyl (C=O) groups excluding carboxylic acids is 2. The Bertz CT molecular complexity index is 663. The van der Waals surface area contributed by atoms with Crippen LogP contribution in [0.2, 0.25) is 0 Å². The summed E-state index contributed by atoms with van der Waals surface area (Å²) in [5.41, 5.74) is 0.206. The first kappa shape index (κ1) is 26.9. The molecule has 3 aliphatic rings. The van der Waals surface area contributed by atoms with Crippen molar-refractivity contribution in [3.8, 4) is 0 Å². The Morgan fingerprint density at radius 2 is 1.81 bits per heavy atom. The van der Waals surface area contributed by atoms with Crippen molar-refractivity contribution < 1.29 is 19.1 Å². The number of carbonyl (C=O) groups is 2.